The van der Waals surface area contributed by atoms with E-state index >= 15 is 0 Å². The van der Waals surface area contributed by atoms with Gasteiger partial charge in [0.2, 0.25) is 5.91 Å². The Labute approximate surface area is 111 Å². The van der Waals surface area contributed by atoms with Crippen LogP contribution in [-0.4, -0.2) is 30.2 Å². The average molecular weight is 257 g/mol. The molecule has 19 heavy (non-hydrogen) atoms. The maximum atomic E-state index is 12.1. The summed E-state index contributed by atoms with van der Waals surface area (Å²) in [5, 5.41) is 5.99. The molecular formula is C14H15N3O2. The van der Waals surface area contributed by atoms with Crippen molar-refractivity contribution in [3.05, 3.63) is 35.9 Å². The van der Waals surface area contributed by atoms with Gasteiger partial charge in [0.05, 0.1) is 6.04 Å². The van der Waals surface area contributed by atoms with Crippen LogP contribution >= 0.6 is 0 Å². The second-order valence-corrected chi connectivity index (χ2v) is 4.82. The number of hydrogen-bond donors (Lipinski definition) is 2. The topological polar surface area (TPSA) is 70.6 Å². The van der Waals surface area contributed by atoms with Crippen molar-refractivity contribution in [2.75, 3.05) is 6.54 Å². The molecule has 98 valence electrons. The first-order chi connectivity index (χ1) is 9.25. The van der Waals surface area contributed by atoms with Crippen molar-refractivity contribution in [3.8, 4) is 0 Å². The maximum absolute atomic E-state index is 12.1. The summed E-state index contributed by atoms with van der Waals surface area (Å²) >= 11 is 0. The van der Waals surface area contributed by atoms with Gasteiger partial charge < -0.3 is 10.6 Å². The van der Waals surface area contributed by atoms with Crippen LogP contribution in [0.2, 0.25) is 0 Å². The van der Waals surface area contributed by atoms with E-state index in [1.54, 1.807) is 12.1 Å². The van der Waals surface area contributed by atoms with Crippen molar-refractivity contribution < 1.29 is 9.59 Å². The molecule has 2 aliphatic heterocycles. The van der Waals surface area contributed by atoms with Gasteiger partial charge in [-0.25, -0.2) is 0 Å². The molecule has 0 aliphatic carbocycles. The molecule has 1 aromatic rings. The molecule has 2 atom stereocenters. The van der Waals surface area contributed by atoms with Crippen molar-refractivity contribution in [2.24, 2.45) is 4.99 Å². The van der Waals surface area contributed by atoms with E-state index in [2.05, 4.69) is 15.6 Å². The molecule has 0 saturated carbocycles. The lowest BCUT2D eigenvalue weighted by molar-refractivity contribution is -0.129. The number of amides is 2. The van der Waals surface area contributed by atoms with E-state index < -0.39 is 5.92 Å². The molecule has 2 unspecified atom stereocenters. The number of carbonyl (C=O) groups excluding carboxylic acids is 2. The van der Waals surface area contributed by atoms with E-state index in [-0.39, 0.29) is 17.9 Å². The largest absolute Gasteiger partial charge is 0.312 e. The minimum atomic E-state index is -0.814. The SMILES string of the molecule is O=C1N=C(C2CCCN2)NC(=O)C1c1ccccc1. The monoisotopic (exact) mass is 257 g/mol. The highest BCUT2D eigenvalue weighted by Gasteiger charge is 2.35. The smallest absolute Gasteiger partial charge is 0.264 e. The fourth-order valence-corrected chi connectivity index (χ4v) is 2.54. The summed E-state index contributed by atoms with van der Waals surface area (Å²) in [6.45, 7) is 0.899. The van der Waals surface area contributed by atoms with Gasteiger partial charge >= 0.3 is 0 Å². The van der Waals surface area contributed by atoms with Gasteiger partial charge in [-0.15, -0.1) is 0 Å². The molecule has 0 radical (unpaired) electrons. The van der Waals surface area contributed by atoms with Crippen LogP contribution < -0.4 is 10.6 Å². The summed E-state index contributed by atoms with van der Waals surface area (Å²) in [7, 11) is 0. The summed E-state index contributed by atoms with van der Waals surface area (Å²) in [6.07, 6.45) is 1.94. The Bertz CT molecular complexity index is 533. The molecule has 0 bridgehead atoms. The predicted molar refractivity (Wildman–Crippen MR) is 70.8 cm³/mol. The zero-order valence-corrected chi connectivity index (χ0v) is 10.4. The van der Waals surface area contributed by atoms with Gasteiger partial charge in [-0.2, -0.15) is 4.99 Å². The molecule has 3 rings (SSSR count). The first-order valence-corrected chi connectivity index (χ1v) is 6.47. The molecule has 2 aliphatic rings. The zero-order chi connectivity index (χ0) is 13.2. The number of hydrogen-bond acceptors (Lipinski definition) is 3. The van der Waals surface area contributed by atoms with E-state index in [4.69, 9.17) is 0 Å². The zero-order valence-electron chi connectivity index (χ0n) is 10.4. The minimum Gasteiger partial charge on any atom is -0.312 e. The second kappa shape index (κ2) is 4.93. The number of carbonyl (C=O) groups is 2. The molecule has 1 saturated heterocycles. The van der Waals surface area contributed by atoms with Crippen molar-refractivity contribution >= 4 is 17.6 Å². The lowest BCUT2D eigenvalue weighted by atomic mass is 9.96. The van der Waals surface area contributed by atoms with Crippen LogP contribution in [0.15, 0.2) is 35.3 Å². The first-order valence-electron chi connectivity index (χ1n) is 6.47. The number of nitrogens with zero attached hydrogens (tertiary/aromatic N) is 1. The normalized spacial score (nSPS) is 27.1. The predicted octanol–water partition coefficient (Wildman–Crippen LogP) is 0.577. The molecule has 1 fully saturated rings. The fourth-order valence-electron chi connectivity index (χ4n) is 2.54. The lowest BCUT2D eigenvalue weighted by Crippen LogP contribution is -2.50. The van der Waals surface area contributed by atoms with Crippen LogP contribution in [0.1, 0.15) is 24.3 Å². The molecule has 0 spiro atoms. The third kappa shape index (κ3) is 2.29. The summed E-state index contributed by atoms with van der Waals surface area (Å²) in [4.78, 5) is 28.3. The molecule has 1 aromatic carbocycles. The highest BCUT2D eigenvalue weighted by atomic mass is 16.2. The Kier molecular flexibility index (Phi) is 3.13. The molecule has 2 heterocycles. The first kappa shape index (κ1) is 12.0. The van der Waals surface area contributed by atoms with E-state index in [9.17, 15) is 9.59 Å². The number of benzene rings is 1. The van der Waals surface area contributed by atoms with Gasteiger partial charge in [-0.05, 0) is 24.9 Å². The third-order valence-electron chi connectivity index (χ3n) is 3.51. The minimum absolute atomic E-state index is 0.00428. The summed E-state index contributed by atoms with van der Waals surface area (Å²) < 4.78 is 0. The number of nitrogens with one attached hydrogen (secondary N) is 2. The molecular weight excluding hydrogens is 242 g/mol. The van der Waals surface area contributed by atoms with Crippen LogP contribution in [0.4, 0.5) is 0 Å². The molecule has 5 heteroatoms. The Hall–Kier alpha value is -2.01. The Balaban J connectivity index is 1.86. The molecule has 0 aromatic heterocycles. The van der Waals surface area contributed by atoms with Crippen molar-refractivity contribution in [2.45, 2.75) is 24.8 Å². The van der Waals surface area contributed by atoms with Crippen LogP contribution in [0.3, 0.4) is 0 Å². The quantitative estimate of drug-likeness (QED) is 0.761. The van der Waals surface area contributed by atoms with E-state index in [1.165, 1.54) is 0 Å². The van der Waals surface area contributed by atoms with Gasteiger partial charge in [0.15, 0.2) is 0 Å². The van der Waals surface area contributed by atoms with Crippen LogP contribution in [0.5, 0.6) is 0 Å². The average Bonchev–Trinajstić information content (AvgIpc) is 2.93. The third-order valence-corrected chi connectivity index (χ3v) is 3.51. The highest BCUT2D eigenvalue weighted by molar-refractivity contribution is 6.20. The summed E-state index contributed by atoms with van der Waals surface area (Å²) in [6, 6.07) is 9.03. The van der Waals surface area contributed by atoms with Crippen LogP contribution in [-0.2, 0) is 9.59 Å². The van der Waals surface area contributed by atoms with Gasteiger partial charge in [-0.3, -0.25) is 9.59 Å². The Morgan fingerprint density at radius 1 is 1.16 bits per heavy atom. The maximum Gasteiger partial charge on any atom is 0.264 e. The van der Waals surface area contributed by atoms with E-state index in [1.807, 2.05) is 18.2 Å². The fraction of sp³-hybridized carbons (Fsp3) is 0.357. The molecule has 5 nitrogen and oxygen atoms in total. The van der Waals surface area contributed by atoms with Gasteiger partial charge in [-0.1, -0.05) is 30.3 Å². The number of rotatable bonds is 2. The van der Waals surface area contributed by atoms with Gasteiger partial charge in [0.1, 0.15) is 11.8 Å². The number of amidine groups is 1. The molecule has 2 N–H and O–H groups in total. The van der Waals surface area contributed by atoms with Gasteiger partial charge in [0, 0.05) is 0 Å². The second-order valence-electron chi connectivity index (χ2n) is 4.82. The molecule has 2 amide bonds. The summed E-state index contributed by atoms with van der Waals surface area (Å²) in [5.74, 6) is -1.00. The standard InChI is InChI=1S/C14H15N3O2/c18-13-11(9-5-2-1-3-6-9)14(19)17-12(16-13)10-7-4-8-15-10/h1-3,5-6,10-11,15H,4,7-8H2,(H,16,17,18,19). The van der Waals surface area contributed by atoms with Crippen molar-refractivity contribution in [3.63, 3.8) is 0 Å². The van der Waals surface area contributed by atoms with Crippen molar-refractivity contribution in [1.29, 1.82) is 0 Å². The lowest BCUT2D eigenvalue weighted by Gasteiger charge is -2.23. The van der Waals surface area contributed by atoms with E-state index in [0.29, 0.717) is 11.4 Å². The highest BCUT2D eigenvalue weighted by Crippen LogP contribution is 2.21. The van der Waals surface area contributed by atoms with Crippen molar-refractivity contribution in [1.82, 2.24) is 10.6 Å². The Morgan fingerprint density at radius 2 is 1.95 bits per heavy atom. The van der Waals surface area contributed by atoms with Gasteiger partial charge in [0.25, 0.3) is 5.91 Å². The van der Waals surface area contributed by atoms with Crippen LogP contribution in [0, 0.1) is 0 Å². The summed E-state index contributed by atoms with van der Waals surface area (Å²) in [5.41, 5.74) is 0.687. The number of aliphatic imine (C=N–C) groups is 1. The van der Waals surface area contributed by atoms with E-state index in [0.717, 1.165) is 19.4 Å². The van der Waals surface area contributed by atoms with Crippen LogP contribution in [0.25, 0.3) is 0 Å². The Morgan fingerprint density at radius 3 is 2.58 bits per heavy atom.